The van der Waals surface area contributed by atoms with Gasteiger partial charge in [-0.15, -0.1) is 22.1 Å². The van der Waals surface area contributed by atoms with Crippen LogP contribution in [-0.2, 0) is 21.1 Å². The molecule has 3 aliphatic rings. The van der Waals surface area contributed by atoms with E-state index in [-0.39, 0.29) is 21.1 Å². The third kappa shape index (κ3) is 8.52. The summed E-state index contributed by atoms with van der Waals surface area (Å²) in [5, 5.41) is 20.1. The predicted octanol–water partition coefficient (Wildman–Crippen LogP) is 27.4. The number of rotatable bonds is 4. The van der Waals surface area contributed by atoms with E-state index in [4.69, 9.17) is 37.6 Å². The Morgan fingerprint density at radius 2 is 0.385 bits per heavy atom. The van der Waals surface area contributed by atoms with Gasteiger partial charge in [0, 0.05) is 87.6 Å². The molecule has 8 bridgehead atoms. The van der Waals surface area contributed by atoms with E-state index in [1.807, 2.05) is 24.3 Å². The van der Waals surface area contributed by atoms with E-state index < -0.39 is 0 Å². The Labute approximate surface area is 633 Å². The van der Waals surface area contributed by atoms with Crippen LogP contribution in [0, 0.1) is 0 Å². The van der Waals surface area contributed by atoms with Crippen LogP contribution in [0.25, 0.3) is 264 Å². The quantitative estimate of drug-likeness (QED) is 0.172. The molecule has 109 heavy (non-hydrogen) atoms. The Balaban J connectivity index is 0.00000697. The number of nitrogens with zero attached hydrogens (tertiary/aromatic N) is 4. The van der Waals surface area contributed by atoms with Crippen molar-refractivity contribution in [3.63, 3.8) is 0 Å². The minimum absolute atomic E-state index is 0. The summed E-state index contributed by atoms with van der Waals surface area (Å²) in [5.41, 5.74) is 21.9. The molecule has 0 unspecified atom stereocenters. The number of hydrogen-bond donors (Lipinski definition) is 0. The van der Waals surface area contributed by atoms with Crippen LogP contribution in [0.15, 0.2) is 333 Å². The fourth-order valence-corrected chi connectivity index (χ4v) is 18.2. The van der Waals surface area contributed by atoms with Crippen LogP contribution >= 0.6 is 0 Å². The van der Waals surface area contributed by atoms with Gasteiger partial charge >= 0.3 is 21.1 Å². The standard InChI is InChI=1S/C100H52N4O4.Pt/c1-2-22-54-46-74-73(45-53(54)21-1)89-85(69-37-17-33-65-61-29-9-13-41-81(61)105-97(65)69)91-75-47-55-23-3-4-24-56(55)48-76(75)93(102-91)87(71-39-19-35-67-63-31-11-15-43-83(63)107-99(67)71)95-79-51-59-27-7-8-28-60(59)52-80(79)96(104-95)88(72-40-20-36-68-64-32-12-16-44-84(64)108-100(68)72)94-78-50-58-26-6-5-25-57(58)49-77(78)92(103-94)86(90(74)101-89)70-38-18-34-66-62-30-10-14-42-82(62)106-98(66)70;/h1-52H;/q-2;+2. The summed E-state index contributed by atoms with van der Waals surface area (Å²) in [7, 11) is 0. The molecule has 0 atom stereocenters. The first-order chi connectivity index (χ1) is 53.5. The summed E-state index contributed by atoms with van der Waals surface area (Å²) in [6, 6.07) is 113. The maximum Gasteiger partial charge on any atom is 2.00 e. The van der Waals surface area contributed by atoms with E-state index in [1.54, 1.807) is 0 Å². The van der Waals surface area contributed by atoms with Crippen molar-refractivity contribution in [3.8, 4) is 89.5 Å². The van der Waals surface area contributed by atoms with Crippen LogP contribution < -0.4 is 9.97 Å². The van der Waals surface area contributed by atoms with Crippen LogP contribution in [0.1, 0.15) is 0 Å². The maximum absolute atomic E-state index is 7.33. The number of hydrogen-bond acceptors (Lipinski definition) is 6. The number of furan rings is 4. The number of para-hydroxylation sites is 8. The largest absolute Gasteiger partial charge is 2.00 e. The van der Waals surface area contributed by atoms with Gasteiger partial charge in [0.25, 0.3) is 0 Å². The molecular formula is C100H52N4O4Pt. The summed E-state index contributed by atoms with van der Waals surface area (Å²) in [6.45, 7) is 0. The first kappa shape index (κ1) is 60.4. The molecule has 0 radical (unpaired) electrons. The van der Waals surface area contributed by atoms with Crippen molar-refractivity contribution < 1.29 is 38.7 Å². The van der Waals surface area contributed by atoms with Gasteiger partial charge in [0.2, 0.25) is 0 Å². The molecule has 2 aliphatic heterocycles. The average Bonchev–Trinajstić information content (AvgIpc) is 1.54. The zero-order valence-electron chi connectivity index (χ0n) is 57.8. The number of fused-ring (bicyclic) bond motifs is 16. The molecule has 25 rings (SSSR count). The van der Waals surface area contributed by atoms with Gasteiger partial charge in [-0.3, -0.25) is 0 Å². The number of benzene rings is 16. The molecule has 22 aromatic rings. The topological polar surface area (TPSA) is 107 Å². The minimum Gasteiger partial charge on any atom is -0.656 e. The Kier molecular flexibility index (Phi) is 12.5. The van der Waals surface area contributed by atoms with Gasteiger partial charge in [0.1, 0.15) is 44.7 Å². The van der Waals surface area contributed by atoms with Crippen molar-refractivity contribution in [2.75, 3.05) is 0 Å². The zero-order chi connectivity index (χ0) is 70.1. The van der Waals surface area contributed by atoms with Crippen LogP contribution in [0.5, 0.6) is 0 Å². The second-order valence-corrected chi connectivity index (χ2v) is 28.8. The smallest absolute Gasteiger partial charge is 0.656 e. The van der Waals surface area contributed by atoms with Crippen molar-refractivity contribution >= 4 is 174 Å². The number of aromatic nitrogens is 4. The first-order valence-electron chi connectivity index (χ1n) is 36.6. The van der Waals surface area contributed by atoms with Crippen molar-refractivity contribution in [1.82, 2.24) is 19.9 Å². The van der Waals surface area contributed by atoms with Gasteiger partial charge in [-0.1, -0.05) is 243 Å². The molecule has 8 heterocycles. The Morgan fingerprint density at radius 1 is 0.183 bits per heavy atom. The SMILES string of the molecule is [Pt+2].c1ccc2cc3c(cc2c1)-c1nc-3c(-c2cccc3c2oc2ccccc23)c2[n-]c(c(-c3cccc4c3oc3ccccc34)c3nc(c(-c4cccc5c4oc4ccccc45)c4[n-]c(c1-c1cccc5c1oc1ccccc15)c1cc5ccccc5cc41)-c1cc4ccccc4cc1-3)c1cc3ccccc3cc21. The second-order valence-electron chi connectivity index (χ2n) is 28.8. The van der Waals surface area contributed by atoms with Gasteiger partial charge in [-0.2, -0.15) is 0 Å². The van der Waals surface area contributed by atoms with Crippen LogP contribution in [0.2, 0.25) is 0 Å². The van der Waals surface area contributed by atoms with Crippen LogP contribution in [0.4, 0.5) is 0 Å². The van der Waals surface area contributed by atoms with E-state index >= 15 is 0 Å². The fourth-order valence-electron chi connectivity index (χ4n) is 18.2. The van der Waals surface area contributed by atoms with E-state index in [2.05, 4.69) is 291 Å². The van der Waals surface area contributed by atoms with Crippen LogP contribution in [0.3, 0.4) is 0 Å². The van der Waals surface area contributed by atoms with Gasteiger partial charge in [0.05, 0.1) is 22.8 Å². The van der Waals surface area contributed by atoms with Gasteiger partial charge < -0.3 is 27.6 Å². The van der Waals surface area contributed by atoms with E-state index in [0.717, 1.165) is 264 Å². The second kappa shape index (κ2) is 22.6. The summed E-state index contributed by atoms with van der Waals surface area (Å²) in [6.07, 6.45) is 0. The summed E-state index contributed by atoms with van der Waals surface area (Å²) in [5.74, 6) is 0. The van der Waals surface area contributed by atoms with Gasteiger partial charge in [-0.05, 0) is 160 Å². The summed E-state index contributed by atoms with van der Waals surface area (Å²) >= 11 is 0. The van der Waals surface area contributed by atoms with Crippen molar-refractivity contribution in [3.05, 3.63) is 315 Å². The molecular weight excluding hydrogens is 1520 g/mol. The third-order valence-corrected chi connectivity index (χ3v) is 23.1. The molecule has 506 valence electrons. The van der Waals surface area contributed by atoms with Crippen molar-refractivity contribution in [2.45, 2.75) is 0 Å². The van der Waals surface area contributed by atoms with Crippen molar-refractivity contribution in [1.29, 1.82) is 0 Å². The summed E-state index contributed by atoms with van der Waals surface area (Å²) in [4.78, 5) is 25.9. The summed E-state index contributed by atoms with van der Waals surface area (Å²) < 4.78 is 29.3. The van der Waals surface area contributed by atoms with E-state index in [0.29, 0.717) is 0 Å². The van der Waals surface area contributed by atoms with Gasteiger partial charge in [0.15, 0.2) is 0 Å². The molecule has 0 saturated heterocycles. The maximum atomic E-state index is 7.33. The molecule has 6 aromatic heterocycles. The Morgan fingerprint density at radius 3 is 0.624 bits per heavy atom. The Bertz CT molecular complexity index is 7270. The molecule has 1 aliphatic carbocycles. The molecule has 0 amide bonds. The molecule has 9 heteroatoms. The van der Waals surface area contributed by atoms with E-state index in [1.165, 1.54) is 0 Å². The predicted molar refractivity (Wildman–Crippen MR) is 444 cm³/mol. The first-order valence-corrected chi connectivity index (χ1v) is 36.6. The monoisotopic (exact) mass is 1570 g/mol. The van der Waals surface area contributed by atoms with Crippen LogP contribution in [-0.4, -0.2) is 9.97 Å². The fraction of sp³-hybridized carbons (Fsp3) is 0. The zero-order valence-corrected chi connectivity index (χ0v) is 60.0. The Hall–Kier alpha value is -13.9. The van der Waals surface area contributed by atoms with E-state index in [9.17, 15) is 0 Å². The van der Waals surface area contributed by atoms with Gasteiger partial charge in [-0.25, -0.2) is 9.97 Å². The van der Waals surface area contributed by atoms with Crippen molar-refractivity contribution in [2.24, 2.45) is 0 Å². The molecule has 0 fully saturated rings. The molecule has 16 aromatic carbocycles. The average molecular weight is 1570 g/mol. The molecule has 8 nitrogen and oxygen atoms in total. The molecule has 0 spiro atoms. The molecule has 0 N–H and O–H groups in total. The minimum atomic E-state index is 0. The normalized spacial score (nSPS) is 12.3. The molecule has 0 saturated carbocycles. The third-order valence-electron chi connectivity index (χ3n) is 23.1.